The van der Waals surface area contributed by atoms with Crippen molar-refractivity contribution in [3.8, 4) is 0 Å². The standard InChI is InChI=1S/C12H20N2O3/c1-17-12(16)13-10-7-9(8-10)11(15)14-5-3-2-4-6-14/h9-10H,2-8H2,1H3,(H,13,16). The molecule has 0 aromatic carbocycles. The van der Waals surface area contributed by atoms with Gasteiger partial charge in [0.05, 0.1) is 7.11 Å². The first-order valence-corrected chi connectivity index (χ1v) is 6.34. The Balaban J connectivity index is 1.71. The number of alkyl carbamates (subject to hydrolysis) is 1. The van der Waals surface area contributed by atoms with Crippen molar-refractivity contribution in [3.63, 3.8) is 0 Å². The van der Waals surface area contributed by atoms with Crippen LogP contribution in [0.2, 0.25) is 0 Å². The number of rotatable bonds is 2. The maximum absolute atomic E-state index is 12.1. The Hall–Kier alpha value is -1.26. The molecule has 96 valence electrons. The zero-order valence-corrected chi connectivity index (χ0v) is 10.3. The van der Waals surface area contributed by atoms with Gasteiger partial charge in [-0.2, -0.15) is 0 Å². The fourth-order valence-corrected chi connectivity index (χ4v) is 2.54. The molecule has 1 saturated carbocycles. The van der Waals surface area contributed by atoms with Crippen molar-refractivity contribution in [2.24, 2.45) is 5.92 Å². The third-order valence-electron chi connectivity index (χ3n) is 3.66. The molecule has 0 aromatic rings. The van der Waals surface area contributed by atoms with E-state index in [0.717, 1.165) is 38.8 Å². The van der Waals surface area contributed by atoms with Crippen LogP contribution in [0.5, 0.6) is 0 Å². The van der Waals surface area contributed by atoms with Crippen LogP contribution in [0.1, 0.15) is 32.1 Å². The van der Waals surface area contributed by atoms with Crippen LogP contribution in [0.3, 0.4) is 0 Å². The number of amides is 2. The van der Waals surface area contributed by atoms with Gasteiger partial charge in [0.1, 0.15) is 0 Å². The lowest BCUT2D eigenvalue weighted by molar-refractivity contribution is -0.139. The van der Waals surface area contributed by atoms with Crippen molar-refractivity contribution < 1.29 is 14.3 Å². The predicted molar refractivity (Wildman–Crippen MR) is 62.5 cm³/mol. The van der Waals surface area contributed by atoms with E-state index in [0.29, 0.717) is 0 Å². The molecular formula is C12H20N2O3. The molecule has 2 fully saturated rings. The molecule has 2 rings (SSSR count). The van der Waals surface area contributed by atoms with Gasteiger partial charge in [-0.15, -0.1) is 0 Å². The third kappa shape index (κ3) is 2.90. The Morgan fingerprint density at radius 3 is 2.41 bits per heavy atom. The monoisotopic (exact) mass is 240 g/mol. The third-order valence-corrected chi connectivity index (χ3v) is 3.66. The van der Waals surface area contributed by atoms with Crippen molar-refractivity contribution in [2.45, 2.75) is 38.1 Å². The summed E-state index contributed by atoms with van der Waals surface area (Å²) in [4.78, 5) is 25.0. The van der Waals surface area contributed by atoms with Crippen molar-refractivity contribution in [3.05, 3.63) is 0 Å². The number of carbonyl (C=O) groups is 2. The predicted octanol–water partition coefficient (Wildman–Crippen LogP) is 1.13. The van der Waals surface area contributed by atoms with Gasteiger partial charge in [0.2, 0.25) is 5.91 Å². The number of hydrogen-bond acceptors (Lipinski definition) is 3. The molecule has 0 spiro atoms. The molecule has 2 aliphatic rings. The van der Waals surface area contributed by atoms with Gasteiger partial charge in [0.15, 0.2) is 0 Å². The molecule has 2 amide bonds. The number of methoxy groups -OCH3 is 1. The number of hydrogen-bond donors (Lipinski definition) is 1. The summed E-state index contributed by atoms with van der Waals surface area (Å²) >= 11 is 0. The van der Waals surface area contributed by atoms with Crippen LogP contribution in [-0.4, -0.2) is 43.1 Å². The molecule has 0 bridgehead atoms. The van der Waals surface area contributed by atoms with E-state index in [2.05, 4.69) is 10.1 Å². The van der Waals surface area contributed by atoms with E-state index in [-0.39, 0.29) is 17.9 Å². The smallest absolute Gasteiger partial charge is 0.407 e. The van der Waals surface area contributed by atoms with Gasteiger partial charge in [0.25, 0.3) is 0 Å². The minimum absolute atomic E-state index is 0.107. The summed E-state index contributed by atoms with van der Waals surface area (Å²) in [5.41, 5.74) is 0. The second kappa shape index (κ2) is 5.38. The molecule has 0 unspecified atom stereocenters. The lowest BCUT2D eigenvalue weighted by Gasteiger charge is -2.38. The molecule has 1 aliphatic carbocycles. The molecular weight excluding hydrogens is 220 g/mol. The van der Waals surface area contributed by atoms with Crippen LogP contribution in [0, 0.1) is 5.92 Å². The van der Waals surface area contributed by atoms with Crippen LogP contribution >= 0.6 is 0 Å². The highest BCUT2D eigenvalue weighted by Gasteiger charge is 2.37. The number of ether oxygens (including phenoxy) is 1. The summed E-state index contributed by atoms with van der Waals surface area (Å²) in [7, 11) is 1.35. The van der Waals surface area contributed by atoms with Crippen molar-refractivity contribution in [1.29, 1.82) is 0 Å². The maximum Gasteiger partial charge on any atom is 0.407 e. The molecule has 17 heavy (non-hydrogen) atoms. The number of carbonyl (C=O) groups excluding carboxylic acids is 2. The second-order valence-electron chi connectivity index (χ2n) is 4.89. The average Bonchev–Trinajstić information content (AvgIpc) is 2.33. The van der Waals surface area contributed by atoms with E-state index in [4.69, 9.17) is 0 Å². The average molecular weight is 240 g/mol. The van der Waals surface area contributed by atoms with Crippen LogP contribution in [0.15, 0.2) is 0 Å². The Morgan fingerprint density at radius 1 is 1.18 bits per heavy atom. The molecule has 1 N–H and O–H groups in total. The first-order valence-electron chi connectivity index (χ1n) is 6.34. The van der Waals surface area contributed by atoms with E-state index < -0.39 is 6.09 Å². The van der Waals surface area contributed by atoms with Crippen molar-refractivity contribution in [1.82, 2.24) is 10.2 Å². The van der Waals surface area contributed by atoms with Gasteiger partial charge in [-0.3, -0.25) is 4.79 Å². The molecule has 0 aromatic heterocycles. The molecule has 0 atom stereocenters. The zero-order valence-electron chi connectivity index (χ0n) is 10.3. The fraction of sp³-hybridized carbons (Fsp3) is 0.833. The summed E-state index contributed by atoms with van der Waals surface area (Å²) in [6, 6.07) is 0.112. The largest absolute Gasteiger partial charge is 0.453 e. The first kappa shape index (κ1) is 12.2. The number of nitrogens with zero attached hydrogens (tertiary/aromatic N) is 1. The van der Waals surface area contributed by atoms with E-state index in [9.17, 15) is 9.59 Å². The van der Waals surface area contributed by atoms with Gasteiger partial charge < -0.3 is 15.0 Å². The minimum atomic E-state index is -0.404. The fourth-order valence-electron chi connectivity index (χ4n) is 2.54. The Morgan fingerprint density at radius 2 is 1.82 bits per heavy atom. The number of likely N-dealkylation sites (tertiary alicyclic amines) is 1. The molecule has 1 saturated heterocycles. The SMILES string of the molecule is COC(=O)NC1CC(C(=O)N2CCCCC2)C1. The van der Waals surface area contributed by atoms with E-state index in [1.165, 1.54) is 13.5 Å². The quantitative estimate of drug-likeness (QED) is 0.787. The van der Waals surface area contributed by atoms with Crippen molar-refractivity contribution in [2.75, 3.05) is 20.2 Å². The maximum atomic E-state index is 12.1. The molecule has 5 heteroatoms. The highest BCUT2D eigenvalue weighted by atomic mass is 16.5. The second-order valence-corrected chi connectivity index (χ2v) is 4.89. The van der Waals surface area contributed by atoms with Gasteiger partial charge in [0, 0.05) is 25.0 Å². The summed E-state index contributed by atoms with van der Waals surface area (Å²) < 4.78 is 4.52. The molecule has 1 aliphatic heterocycles. The molecule has 1 heterocycles. The molecule has 0 radical (unpaired) electrons. The highest BCUT2D eigenvalue weighted by molar-refractivity contribution is 5.80. The Kier molecular flexibility index (Phi) is 3.86. The highest BCUT2D eigenvalue weighted by Crippen LogP contribution is 2.30. The lowest BCUT2D eigenvalue weighted by Crippen LogP contribution is -2.51. The minimum Gasteiger partial charge on any atom is -0.453 e. The zero-order chi connectivity index (χ0) is 12.3. The van der Waals surface area contributed by atoms with Crippen LogP contribution in [0.25, 0.3) is 0 Å². The Bertz CT molecular complexity index is 294. The normalized spacial score (nSPS) is 28.2. The number of piperidine rings is 1. The summed E-state index contributed by atoms with van der Waals surface area (Å²) in [5.74, 6) is 0.378. The topological polar surface area (TPSA) is 58.6 Å². The first-order chi connectivity index (χ1) is 8.20. The van der Waals surface area contributed by atoms with Gasteiger partial charge in [-0.05, 0) is 32.1 Å². The summed E-state index contributed by atoms with van der Waals surface area (Å²) in [6.45, 7) is 1.81. The van der Waals surface area contributed by atoms with Gasteiger partial charge in [-0.1, -0.05) is 0 Å². The Labute approximate surface area is 101 Å². The van der Waals surface area contributed by atoms with Crippen LogP contribution < -0.4 is 5.32 Å². The van der Waals surface area contributed by atoms with Gasteiger partial charge in [-0.25, -0.2) is 4.79 Å². The molecule has 5 nitrogen and oxygen atoms in total. The van der Waals surface area contributed by atoms with Crippen LogP contribution in [0.4, 0.5) is 4.79 Å². The van der Waals surface area contributed by atoms with E-state index in [1.807, 2.05) is 4.90 Å². The van der Waals surface area contributed by atoms with E-state index in [1.54, 1.807) is 0 Å². The van der Waals surface area contributed by atoms with Gasteiger partial charge >= 0.3 is 6.09 Å². The lowest BCUT2D eigenvalue weighted by atomic mass is 9.79. The summed E-state index contributed by atoms with van der Waals surface area (Å²) in [5, 5.41) is 2.72. The van der Waals surface area contributed by atoms with Crippen LogP contribution in [-0.2, 0) is 9.53 Å². The number of nitrogens with one attached hydrogen (secondary N) is 1. The van der Waals surface area contributed by atoms with Crippen molar-refractivity contribution >= 4 is 12.0 Å². The summed E-state index contributed by atoms with van der Waals surface area (Å²) in [6.07, 6.45) is 4.60. The van der Waals surface area contributed by atoms with E-state index >= 15 is 0 Å².